The van der Waals surface area contributed by atoms with Gasteiger partial charge in [-0.05, 0) is 32.3 Å². The van der Waals surface area contributed by atoms with Crippen LogP contribution in [0.25, 0.3) is 0 Å². The van der Waals surface area contributed by atoms with E-state index in [1.54, 1.807) is 4.90 Å². The van der Waals surface area contributed by atoms with Crippen molar-refractivity contribution in [2.24, 2.45) is 0 Å². The highest BCUT2D eigenvalue weighted by Gasteiger charge is 2.28. The average molecular weight is 318 g/mol. The molecule has 0 radical (unpaired) electrons. The van der Waals surface area contributed by atoms with Gasteiger partial charge >= 0.3 is 0 Å². The second kappa shape index (κ2) is 9.33. The second-order valence-electron chi connectivity index (χ2n) is 6.11. The molecule has 0 unspecified atom stereocenters. The number of nitrogens with one attached hydrogen (secondary N) is 1. The van der Waals surface area contributed by atoms with E-state index >= 15 is 0 Å². The summed E-state index contributed by atoms with van der Waals surface area (Å²) < 4.78 is 0. The van der Waals surface area contributed by atoms with E-state index in [-0.39, 0.29) is 17.9 Å². The van der Waals surface area contributed by atoms with Crippen molar-refractivity contribution in [2.45, 2.75) is 72.5 Å². The third kappa shape index (κ3) is 5.70. The zero-order valence-corrected chi connectivity index (χ0v) is 15.1. The molecule has 0 aliphatic heterocycles. The molecule has 0 fully saturated rings. The summed E-state index contributed by atoms with van der Waals surface area (Å²) in [5.74, 6) is -0.0473. The van der Waals surface area contributed by atoms with Gasteiger partial charge in [-0.2, -0.15) is 0 Å². The fraction of sp³-hybridized carbons (Fsp3) is 0.579. The Morgan fingerprint density at radius 1 is 1.17 bits per heavy atom. The summed E-state index contributed by atoms with van der Waals surface area (Å²) in [5, 5.41) is 3.00. The van der Waals surface area contributed by atoms with Crippen LogP contribution in [0.2, 0.25) is 0 Å². The molecular formula is C19H30N2O2. The lowest BCUT2D eigenvalue weighted by Gasteiger charge is -2.31. The molecule has 0 saturated heterocycles. The van der Waals surface area contributed by atoms with E-state index in [0.29, 0.717) is 19.4 Å². The molecule has 0 saturated carbocycles. The van der Waals surface area contributed by atoms with Gasteiger partial charge in [0.15, 0.2) is 0 Å². The molecule has 2 amide bonds. The summed E-state index contributed by atoms with van der Waals surface area (Å²) >= 11 is 0. The van der Waals surface area contributed by atoms with Crippen LogP contribution in [0.4, 0.5) is 0 Å². The monoisotopic (exact) mass is 318 g/mol. The number of aryl methyl sites for hydroxylation is 1. The van der Waals surface area contributed by atoms with Crippen LogP contribution in [0.1, 0.15) is 58.1 Å². The predicted octanol–water partition coefficient (Wildman–Crippen LogP) is 3.43. The molecule has 0 heterocycles. The normalized spacial score (nSPS) is 13.3. The smallest absolute Gasteiger partial charge is 0.243 e. The zero-order valence-electron chi connectivity index (χ0n) is 15.1. The Morgan fingerprint density at radius 2 is 1.87 bits per heavy atom. The fourth-order valence-electron chi connectivity index (χ4n) is 2.57. The van der Waals surface area contributed by atoms with Crippen molar-refractivity contribution in [3.63, 3.8) is 0 Å². The van der Waals surface area contributed by atoms with Crippen LogP contribution in [0.15, 0.2) is 24.3 Å². The maximum atomic E-state index is 12.6. The van der Waals surface area contributed by atoms with Gasteiger partial charge in [-0.15, -0.1) is 0 Å². The molecule has 0 spiro atoms. The van der Waals surface area contributed by atoms with Crippen LogP contribution < -0.4 is 5.32 Å². The van der Waals surface area contributed by atoms with Crippen molar-refractivity contribution in [3.05, 3.63) is 35.4 Å². The Kier molecular flexibility index (Phi) is 7.79. The van der Waals surface area contributed by atoms with E-state index < -0.39 is 6.04 Å². The summed E-state index contributed by atoms with van der Waals surface area (Å²) in [6, 6.07) is 7.78. The minimum atomic E-state index is -0.419. The van der Waals surface area contributed by atoms with Crippen LogP contribution in [0.5, 0.6) is 0 Å². The lowest BCUT2D eigenvalue weighted by molar-refractivity contribution is -0.141. The number of amides is 2. The number of hydrogen-bond donors (Lipinski definition) is 1. The topological polar surface area (TPSA) is 49.4 Å². The van der Waals surface area contributed by atoms with Gasteiger partial charge in [-0.3, -0.25) is 9.59 Å². The summed E-state index contributed by atoms with van der Waals surface area (Å²) in [6.07, 6.45) is 1.89. The molecule has 1 aromatic carbocycles. The molecule has 0 aromatic heterocycles. The number of benzene rings is 1. The molecule has 1 aromatic rings. The molecule has 0 aliphatic rings. The highest BCUT2D eigenvalue weighted by molar-refractivity contribution is 5.87. The quantitative estimate of drug-likeness (QED) is 0.798. The van der Waals surface area contributed by atoms with E-state index in [4.69, 9.17) is 0 Å². The van der Waals surface area contributed by atoms with Gasteiger partial charge in [0.25, 0.3) is 0 Å². The summed E-state index contributed by atoms with van der Waals surface area (Å²) in [5.41, 5.74) is 2.21. The minimum absolute atomic E-state index is 0.0117. The van der Waals surface area contributed by atoms with E-state index in [1.807, 2.05) is 52.8 Å². The molecule has 0 aliphatic carbocycles. The van der Waals surface area contributed by atoms with Crippen LogP contribution in [0, 0.1) is 6.92 Å². The Morgan fingerprint density at radius 3 is 2.39 bits per heavy atom. The van der Waals surface area contributed by atoms with Gasteiger partial charge in [0, 0.05) is 19.0 Å². The number of carbonyl (C=O) groups excluding carboxylic acids is 2. The van der Waals surface area contributed by atoms with Gasteiger partial charge in [-0.25, -0.2) is 0 Å². The van der Waals surface area contributed by atoms with Gasteiger partial charge in [0.1, 0.15) is 6.04 Å². The minimum Gasteiger partial charge on any atom is -0.352 e. The van der Waals surface area contributed by atoms with Crippen molar-refractivity contribution in [1.29, 1.82) is 0 Å². The maximum Gasteiger partial charge on any atom is 0.243 e. The molecule has 4 heteroatoms. The van der Waals surface area contributed by atoms with E-state index in [2.05, 4.69) is 11.4 Å². The number of rotatable bonds is 8. The number of carbonyl (C=O) groups is 2. The van der Waals surface area contributed by atoms with Gasteiger partial charge in [-0.1, -0.05) is 50.6 Å². The largest absolute Gasteiger partial charge is 0.352 e. The third-order valence-corrected chi connectivity index (χ3v) is 4.12. The molecule has 128 valence electrons. The Bertz CT molecular complexity index is 528. The summed E-state index contributed by atoms with van der Waals surface area (Å²) in [4.78, 5) is 26.7. The lowest BCUT2D eigenvalue weighted by Crippen LogP contribution is -2.50. The van der Waals surface area contributed by atoms with E-state index in [1.165, 1.54) is 0 Å². The Balaban J connectivity index is 2.98. The first-order chi connectivity index (χ1) is 10.9. The van der Waals surface area contributed by atoms with Crippen molar-refractivity contribution in [1.82, 2.24) is 10.2 Å². The molecule has 2 atom stereocenters. The first-order valence-electron chi connectivity index (χ1n) is 8.58. The summed E-state index contributed by atoms with van der Waals surface area (Å²) in [6.45, 7) is 10.3. The van der Waals surface area contributed by atoms with Crippen LogP contribution in [-0.2, 0) is 16.1 Å². The standard InChI is InChI=1S/C19H30N2O2/c1-6-15(5)20-19(23)17(7-2)21(18(22)8-3)13-16-11-9-10-14(4)12-16/h9-12,15,17H,6-8,13H2,1-5H3,(H,20,23)/t15-,17+/m0/s1. The molecule has 1 rings (SSSR count). The fourth-order valence-corrected chi connectivity index (χ4v) is 2.57. The van der Waals surface area contributed by atoms with Crippen LogP contribution in [0.3, 0.4) is 0 Å². The van der Waals surface area contributed by atoms with Crippen molar-refractivity contribution in [3.8, 4) is 0 Å². The SMILES string of the molecule is CCC(=O)N(Cc1cccc(C)c1)[C@H](CC)C(=O)N[C@@H](C)CC. The first kappa shape index (κ1) is 19.2. The number of nitrogens with zero attached hydrogens (tertiary/aromatic N) is 1. The second-order valence-corrected chi connectivity index (χ2v) is 6.11. The third-order valence-electron chi connectivity index (χ3n) is 4.12. The van der Waals surface area contributed by atoms with Crippen LogP contribution >= 0.6 is 0 Å². The molecule has 0 bridgehead atoms. The highest BCUT2D eigenvalue weighted by Crippen LogP contribution is 2.14. The molecule has 1 N–H and O–H groups in total. The number of hydrogen-bond acceptors (Lipinski definition) is 2. The molecular weight excluding hydrogens is 288 g/mol. The average Bonchev–Trinajstić information content (AvgIpc) is 2.53. The van der Waals surface area contributed by atoms with Crippen molar-refractivity contribution >= 4 is 11.8 Å². The maximum absolute atomic E-state index is 12.6. The van der Waals surface area contributed by atoms with Gasteiger partial charge < -0.3 is 10.2 Å². The summed E-state index contributed by atoms with van der Waals surface area (Å²) in [7, 11) is 0. The highest BCUT2D eigenvalue weighted by atomic mass is 16.2. The lowest BCUT2D eigenvalue weighted by atomic mass is 10.1. The van der Waals surface area contributed by atoms with E-state index in [9.17, 15) is 9.59 Å². The van der Waals surface area contributed by atoms with Crippen molar-refractivity contribution < 1.29 is 9.59 Å². The zero-order chi connectivity index (χ0) is 17.4. The molecule has 4 nitrogen and oxygen atoms in total. The van der Waals surface area contributed by atoms with Crippen molar-refractivity contribution in [2.75, 3.05) is 0 Å². The molecule has 23 heavy (non-hydrogen) atoms. The Labute approximate surface area is 140 Å². The van der Waals surface area contributed by atoms with E-state index in [0.717, 1.165) is 17.5 Å². The predicted molar refractivity (Wildman–Crippen MR) is 94.0 cm³/mol. The van der Waals surface area contributed by atoms with Crippen LogP contribution in [-0.4, -0.2) is 28.8 Å². The first-order valence-corrected chi connectivity index (χ1v) is 8.58. The van der Waals surface area contributed by atoms with Gasteiger partial charge in [0.2, 0.25) is 11.8 Å². The van der Waals surface area contributed by atoms with Gasteiger partial charge in [0.05, 0.1) is 0 Å². The Hall–Kier alpha value is -1.84.